The molecule has 0 aliphatic heterocycles. The summed E-state index contributed by atoms with van der Waals surface area (Å²) in [7, 11) is 0. The van der Waals surface area contributed by atoms with Gasteiger partial charge in [-0.3, -0.25) is 9.59 Å². The molecule has 10 heteroatoms. The topological polar surface area (TPSA) is 134 Å². The summed E-state index contributed by atoms with van der Waals surface area (Å²) < 4.78 is 11.2. The first kappa shape index (κ1) is 39.1. The van der Waals surface area contributed by atoms with Crippen molar-refractivity contribution in [2.75, 3.05) is 0 Å². The lowest BCUT2D eigenvalue weighted by molar-refractivity contribution is -0.159. The van der Waals surface area contributed by atoms with Crippen LogP contribution in [0, 0.1) is 5.92 Å². The molecule has 3 atom stereocenters. The molecule has 0 saturated heterocycles. The molecule has 0 aliphatic carbocycles. The van der Waals surface area contributed by atoms with E-state index in [0.29, 0.717) is 12.0 Å². The van der Waals surface area contributed by atoms with Crippen LogP contribution < -0.4 is 10.6 Å². The largest absolute Gasteiger partial charge is 0.508 e. The molecule has 0 spiro atoms. The molecule has 260 valence electrons. The first-order valence-corrected chi connectivity index (χ1v) is 16.3. The number of hydrogen-bond donors (Lipinski definition) is 3. The number of nitrogens with one attached hydrogen (secondary N) is 2. The quantitative estimate of drug-likeness (QED) is 0.211. The van der Waals surface area contributed by atoms with Crippen LogP contribution in [0.1, 0.15) is 106 Å². The van der Waals surface area contributed by atoms with Gasteiger partial charge in [-0.05, 0) is 97.4 Å². The smallest absolute Gasteiger partial charge is 0.408 e. The third kappa shape index (κ3) is 12.6. The van der Waals surface area contributed by atoms with Gasteiger partial charge in [-0.15, -0.1) is 0 Å². The van der Waals surface area contributed by atoms with Crippen LogP contribution in [0.2, 0.25) is 0 Å². The molecule has 10 nitrogen and oxygen atoms in total. The van der Waals surface area contributed by atoms with Crippen molar-refractivity contribution in [3.05, 3.63) is 65.7 Å². The number of benzene rings is 2. The van der Waals surface area contributed by atoms with Gasteiger partial charge in [0.1, 0.15) is 35.1 Å². The van der Waals surface area contributed by atoms with Crippen molar-refractivity contribution < 1.29 is 33.8 Å². The zero-order valence-corrected chi connectivity index (χ0v) is 30.0. The van der Waals surface area contributed by atoms with Crippen molar-refractivity contribution in [3.63, 3.8) is 0 Å². The number of aromatic hydroxyl groups is 1. The molecular formula is C37H55N3O7. The van der Waals surface area contributed by atoms with Crippen LogP contribution in [0.3, 0.4) is 0 Å². The molecule has 3 amide bonds. The van der Waals surface area contributed by atoms with Crippen molar-refractivity contribution in [2.45, 2.75) is 130 Å². The highest BCUT2D eigenvalue weighted by Gasteiger charge is 2.44. The molecule has 0 radical (unpaired) electrons. The van der Waals surface area contributed by atoms with Crippen LogP contribution in [0.5, 0.6) is 5.75 Å². The summed E-state index contributed by atoms with van der Waals surface area (Å²) >= 11 is 0. The first-order chi connectivity index (χ1) is 21.6. The van der Waals surface area contributed by atoms with Crippen LogP contribution in [0.15, 0.2) is 54.6 Å². The lowest BCUT2D eigenvalue weighted by Gasteiger charge is -2.45. The Balaban J connectivity index is 2.70. The highest BCUT2D eigenvalue weighted by Crippen LogP contribution is 2.34. The number of ether oxygens (including phenoxy) is 2. The fourth-order valence-corrected chi connectivity index (χ4v) is 5.04. The SMILES string of the molecule is CCC(C)(C)N(C(=O)C(CC(C)C)NC(=O)OC(C)(C)C)C(C(=O)NC(Cc1ccccc1)C(=O)OC(C)(C)C)c1cccc(O)c1. The Bertz CT molecular complexity index is 1360. The van der Waals surface area contributed by atoms with Crippen molar-refractivity contribution >= 4 is 23.9 Å². The average molecular weight is 654 g/mol. The monoisotopic (exact) mass is 653 g/mol. The third-order valence-electron chi connectivity index (χ3n) is 7.43. The van der Waals surface area contributed by atoms with E-state index in [1.165, 1.54) is 17.0 Å². The van der Waals surface area contributed by atoms with Crippen LogP contribution in [0.25, 0.3) is 0 Å². The number of hydrogen-bond acceptors (Lipinski definition) is 7. The van der Waals surface area contributed by atoms with E-state index in [4.69, 9.17) is 9.47 Å². The molecule has 0 aromatic heterocycles. The Kier molecular flexibility index (Phi) is 13.4. The van der Waals surface area contributed by atoms with Crippen LogP contribution >= 0.6 is 0 Å². The first-order valence-electron chi connectivity index (χ1n) is 16.3. The van der Waals surface area contributed by atoms with Gasteiger partial charge < -0.3 is 30.1 Å². The second-order valence-electron chi connectivity index (χ2n) is 15.0. The van der Waals surface area contributed by atoms with E-state index in [0.717, 1.165) is 5.56 Å². The maximum absolute atomic E-state index is 14.7. The minimum Gasteiger partial charge on any atom is -0.508 e. The predicted molar refractivity (Wildman–Crippen MR) is 183 cm³/mol. The minimum atomic E-state index is -1.29. The van der Waals surface area contributed by atoms with Gasteiger partial charge in [-0.2, -0.15) is 0 Å². The molecule has 3 N–H and O–H groups in total. The minimum absolute atomic E-state index is 0.000873. The summed E-state index contributed by atoms with van der Waals surface area (Å²) in [4.78, 5) is 57.2. The molecule has 0 heterocycles. The van der Waals surface area contributed by atoms with Gasteiger partial charge in [0.15, 0.2) is 0 Å². The highest BCUT2D eigenvalue weighted by molar-refractivity contribution is 5.94. The highest BCUT2D eigenvalue weighted by atomic mass is 16.6. The van der Waals surface area contributed by atoms with Gasteiger partial charge in [0.05, 0.1) is 0 Å². The fourth-order valence-electron chi connectivity index (χ4n) is 5.04. The number of alkyl carbamates (subject to hydrolysis) is 1. The van der Waals surface area contributed by atoms with Crippen LogP contribution in [-0.2, 0) is 30.3 Å². The zero-order chi connectivity index (χ0) is 35.7. The van der Waals surface area contributed by atoms with E-state index in [1.54, 1.807) is 53.7 Å². The van der Waals surface area contributed by atoms with Crippen molar-refractivity contribution in [1.29, 1.82) is 0 Å². The van der Waals surface area contributed by atoms with E-state index in [-0.39, 0.29) is 24.5 Å². The number of phenols is 1. The Morgan fingerprint density at radius 2 is 1.40 bits per heavy atom. The lowest BCUT2D eigenvalue weighted by Crippen LogP contribution is -2.60. The van der Waals surface area contributed by atoms with E-state index < -0.39 is 58.7 Å². The molecule has 0 fully saturated rings. The predicted octanol–water partition coefficient (Wildman–Crippen LogP) is 6.46. The summed E-state index contributed by atoms with van der Waals surface area (Å²) in [6.45, 7) is 19.9. The van der Waals surface area contributed by atoms with E-state index in [2.05, 4.69) is 10.6 Å². The second-order valence-corrected chi connectivity index (χ2v) is 15.0. The van der Waals surface area contributed by atoms with Crippen molar-refractivity contribution in [3.8, 4) is 5.75 Å². The van der Waals surface area contributed by atoms with Crippen LogP contribution in [0.4, 0.5) is 4.79 Å². The normalized spacial score (nSPS) is 14.0. The van der Waals surface area contributed by atoms with Gasteiger partial charge in [-0.1, -0.05) is 63.2 Å². The van der Waals surface area contributed by atoms with Gasteiger partial charge >= 0.3 is 12.1 Å². The summed E-state index contributed by atoms with van der Waals surface area (Å²) in [6, 6.07) is 12.0. The van der Waals surface area contributed by atoms with Gasteiger partial charge in [0, 0.05) is 12.0 Å². The fraction of sp³-hybridized carbons (Fsp3) is 0.568. The Morgan fingerprint density at radius 1 is 0.809 bits per heavy atom. The second kappa shape index (κ2) is 16.2. The van der Waals surface area contributed by atoms with Crippen LogP contribution in [-0.4, -0.2) is 62.7 Å². The molecular weight excluding hydrogens is 598 g/mol. The molecule has 47 heavy (non-hydrogen) atoms. The third-order valence-corrected chi connectivity index (χ3v) is 7.43. The van der Waals surface area contributed by atoms with E-state index in [9.17, 15) is 24.3 Å². The zero-order valence-electron chi connectivity index (χ0n) is 30.0. The Labute approximate surface area is 280 Å². The number of phenolic OH excluding ortho intramolecular Hbond substituents is 1. The maximum Gasteiger partial charge on any atom is 0.408 e. The number of rotatable bonds is 13. The van der Waals surface area contributed by atoms with Gasteiger partial charge in [-0.25, -0.2) is 9.59 Å². The number of nitrogens with zero attached hydrogens (tertiary/aromatic N) is 1. The van der Waals surface area contributed by atoms with Gasteiger partial charge in [0.25, 0.3) is 0 Å². The Morgan fingerprint density at radius 3 is 1.91 bits per heavy atom. The Hall–Kier alpha value is -4.08. The van der Waals surface area contributed by atoms with Crippen molar-refractivity contribution in [2.24, 2.45) is 5.92 Å². The molecule has 3 unspecified atom stereocenters. The number of carbonyl (C=O) groups is 4. The molecule has 2 aromatic carbocycles. The molecule has 0 bridgehead atoms. The van der Waals surface area contributed by atoms with E-state index in [1.807, 2.05) is 65.0 Å². The summed E-state index contributed by atoms with van der Waals surface area (Å²) in [5.74, 6) is -1.86. The van der Waals surface area contributed by atoms with Gasteiger partial charge in [0.2, 0.25) is 11.8 Å². The molecule has 2 aromatic rings. The number of carbonyl (C=O) groups excluding carboxylic acids is 4. The number of amides is 3. The standard InChI is InChI=1S/C37H55N3O7/c1-12-37(10,11)40(32(43)28(21-24(2)3)39-34(45)47-36(7,8)9)30(26-19-16-20-27(41)23-26)31(42)38-29(33(44)46-35(4,5)6)22-25-17-14-13-15-18-25/h13-20,23-24,28-30,41H,12,21-22H2,1-11H3,(H,38,42)(H,39,45). The lowest BCUT2D eigenvalue weighted by atomic mass is 9.90. The van der Waals surface area contributed by atoms with E-state index >= 15 is 0 Å². The summed E-state index contributed by atoms with van der Waals surface area (Å²) in [5.41, 5.74) is -1.39. The summed E-state index contributed by atoms with van der Waals surface area (Å²) in [6.07, 6.45) is 0.117. The molecule has 0 saturated carbocycles. The summed E-state index contributed by atoms with van der Waals surface area (Å²) in [5, 5.41) is 16.1. The van der Waals surface area contributed by atoms with Crippen molar-refractivity contribution in [1.82, 2.24) is 15.5 Å². The number of esters is 1. The maximum atomic E-state index is 14.7. The molecule has 2 rings (SSSR count). The molecule has 0 aliphatic rings. The average Bonchev–Trinajstić information content (AvgIpc) is 2.93.